The second-order valence-corrected chi connectivity index (χ2v) is 4.26. The Morgan fingerprint density at radius 3 is 2.29 bits per heavy atom. The summed E-state index contributed by atoms with van der Waals surface area (Å²) in [4.78, 5) is 10.8. The van der Waals surface area contributed by atoms with Crippen molar-refractivity contribution in [2.45, 2.75) is 0 Å². The molecule has 0 saturated carbocycles. The smallest absolute Gasteiger partial charge is 0.358 e. The number of aromatic carboxylic acids is 1. The number of nitrogens with zero attached hydrogens (tertiary/aromatic N) is 3. The van der Waals surface area contributed by atoms with Gasteiger partial charge in [-0.15, -0.1) is 5.10 Å². The maximum absolute atomic E-state index is 10.8. The van der Waals surface area contributed by atoms with E-state index in [2.05, 4.69) is 10.3 Å². The van der Waals surface area contributed by atoms with Crippen molar-refractivity contribution in [2.75, 3.05) is 0 Å². The second kappa shape index (κ2) is 5.46. The van der Waals surface area contributed by atoms with Crippen LogP contribution in [-0.4, -0.2) is 26.1 Å². The number of hydrogen-bond donors (Lipinski definition) is 1. The summed E-state index contributed by atoms with van der Waals surface area (Å²) in [6.07, 6.45) is 1.36. The molecule has 0 atom stereocenters. The lowest BCUT2D eigenvalue weighted by molar-refractivity contribution is 0.0690. The Hall–Kier alpha value is -3.15. The van der Waals surface area contributed by atoms with E-state index in [1.54, 1.807) is 24.3 Å². The Balaban J connectivity index is 1.78. The summed E-state index contributed by atoms with van der Waals surface area (Å²) >= 11 is 0. The fraction of sp³-hybridized carbons (Fsp3) is 0. The molecule has 3 rings (SSSR count). The summed E-state index contributed by atoms with van der Waals surface area (Å²) in [6.45, 7) is 0. The lowest BCUT2D eigenvalue weighted by atomic mass is 10.3. The third kappa shape index (κ3) is 2.89. The van der Waals surface area contributed by atoms with Crippen molar-refractivity contribution in [3.63, 3.8) is 0 Å². The highest BCUT2D eigenvalue weighted by Gasteiger charge is 2.09. The molecule has 0 aliphatic heterocycles. The van der Waals surface area contributed by atoms with Crippen molar-refractivity contribution in [3.8, 4) is 17.2 Å². The highest BCUT2D eigenvalue weighted by atomic mass is 16.5. The van der Waals surface area contributed by atoms with E-state index in [1.165, 1.54) is 10.9 Å². The number of carboxylic acid groups (broad SMARTS) is 1. The molecule has 0 aliphatic rings. The summed E-state index contributed by atoms with van der Waals surface area (Å²) in [5.41, 5.74) is 0.607. The van der Waals surface area contributed by atoms with Crippen LogP contribution in [0, 0.1) is 0 Å². The number of rotatable bonds is 4. The van der Waals surface area contributed by atoms with Gasteiger partial charge in [0.2, 0.25) is 0 Å². The minimum Gasteiger partial charge on any atom is -0.476 e. The largest absolute Gasteiger partial charge is 0.476 e. The molecule has 1 heterocycles. The molecule has 0 fully saturated rings. The normalized spacial score (nSPS) is 10.3. The maximum Gasteiger partial charge on any atom is 0.358 e. The summed E-state index contributed by atoms with van der Waals surface area (Å²) < 4.78 is 7.07. The molecular weight excluding hydrogens is 270 g/mol. The first-order valence-electron chi connectivity index (χ1n) is 6.21. The van der Waals surface area contributed by atoms with Crippen molar-refractivity contribution in [3.05, 3.63) is 66.5 Å². The number of benzene rings is 2. The quantitative estimate of drug-likeness (QED) is 0.795. The Morgan fingerprint density at radius 1 is 1.00 bits per heavy atom. The van der Waals surface area contributed by atoms with Gasteiger partial charge in [-0.2, -0.15) is 0 Å². The summed E-state index contributed by atoms with van der Waals surface area (Å²) in [5, 5.41) is 16.1. The van der Waals surface area contributed by atoms with Gasteiger partial charge in [-0.1, -0.05) is 23.4 Å². The molecule has 6 nitrogen and oxygen atoms in total. The van der Waals surface area contributed by atoms with E-state index >= 15 is 0 Å². The van der Waals surface area contributed by atoms with Gasteiger partial charge in [-0.25, -0.2) is 9.48 Å². The van der Waals surface area contributed by atoms with Crippen molar-refractivity contribution in [1.82, 2.24) is 15.0 Å². The molecule has 6 heteroatoms. The SMILES string of the molecule is O=C(O)c1cn(-c2ccc(Oc3ccccc3)cc2)nn1. The van der Waals surface area contributed by atoms with Crippen LogP contribution in [0.2, 0.25) is 0 Å². The van der Waals surface area contributed by atoms with Crippen molar-refractivity contribution >= 4 is 5.97 Å². The minimum atomic E-state index is -1.11. The lowest BCUT2D eigenvalue weighted by Gasteiger charge is -2.06. The van der Waals surface area contributed by atoms with Crippen LogP contribution >= 0.6 is 0 Å². The number of para-hydroxylation sites is 1. The van der Waals surface area contributed by atoms with E-state index in [4.69, 9.17) is 9.84 Å². The maximum atomic E-state index is 10.8. The van der Waals surface area contributed by atoms with Gasteiger partial charge in [0.05, 0.1) is 11.9 Å². The molecule has 0 radical (unpaired) electrons. The molecule has 1 N–H and O–H groups in total. The zero-order chi connectivity index (χ0) is 14.7. The van der Waals surface area contributed by atoms with Crippen LogP contribution in [-0.2, 0) is 0 Å². The van der Waals surface area contributed by atoms with Gasteiger partial charge >= 0.3 is 5.97 Å². The third-order valence-electron chi connectivity index (χ3n) is 2.79. The van der Waals surface area contributed by atoms with Crippen molar-refractivity contribution in [1.29, 1.82) is 0 Å². The predicted octanol–water partition coefficient (Wildman–Crippen LogP) is 2.76. The van der Waals surface area contributed by atoms with E-state index in [-0.39, 0.29) is 5.69 Å². The molecule has 0 saturated heterocycles. The fourth-order valence-electron chi connectivity index (χ4n) is 1.78. The van der Waals surface area contributed by atoms with Crippen LogP contribution in [0.25, 0.3) is 5.69 Å². The average Bonchev–Trinajstić information content (AvgIpc) is 2.99. The van der Waals surface area contributed by atoms with E-state index < -0.39 is 5.97 Å². The fourth-order valence-corrected chi connectivity index (χ4v) is 1.78. The number of ether oxygens (including phenoxy) is 1. The Morgan fingerprint density at radius 2 is 1.67 bits per heavy atom. The molecule has 0 unspecified atom stereocenters. The van der Waals surface area contributed by atoms with Crippen LogP contribution < -0.4 is 4.74 Å². The van der Waals surface area contributed by atoms with Gasteiger partial charge in [-0.3, -0.25) is 0 Å². The van der Waals surface area contributed by atoms with E-state index in [1.807, 2.05) is 30.3 Å². The highest BCUT2D eigenvalue weighted by Crippen LogP contribution is 2.22. The van der Waals surface area contributed by atoms with Gasteiger partial charge in [0.25, 0.3) is 0 Å². The van der Waals surface area contributed by atoms with E-state index in [9.17, 15) is 4.79 Å². The topological polar surface area (TPSA) is 77.2 Å². The van der Waals surface area contributed by atoms with Crippen molar-refractivity contribution in [2.24, 2.45) is 0 Å². The summed E-state index contributed by atoms with van der Waals surface area (Å²) in [6, 6.07) is 16.6. The number of carboxylic acids is 1. The molecule has 2 aromatic carbocycles. The van der Waals surface area contributed by atoms with Crippen LogP contribution in [0.15, 0.2) is 60.8 Å². The van der Waals surface area contributed by atoms with Crippen LogP contribution in [0.3, 0.4) is 0 Å². The van der Waals surface area contributed by atoms with Gasteiger partial charge in [0.1, 0.15) is 11.5 Å². The Kier molecular flexibility index (Phi) is 3.34. The monoisotopic (exact) mass is 281 g/mol. The van der Waals surface area contributed by atoms with E-state index in [0.717, 1.165) is 5.75 Å². The number of hydrogen-bond acceptors (Lipinski definition) is 4. The zero-order valence-corrected chi connectivity index (χ0v) is 10.9. The summed E-state index contributed by atoms with van der Waals surface area (Å²) in [7, 11) is 0. The zero-order valence-electron chi connectivity index (χ0n) is 10.9. The standard InChI is InChI=1S/C15H11N3O3/c19-15(20)14-10-18(17-16-14)11-6-8-13(9-7-11)21-12-4-2-1-3-5-12/h1-10H,(H,19,20). The van der Waals surface area contributed by atoms with E-state index in [0.29, 0.717) is 11.4 Å². The molecule has 0 amide bonds. The van der Waals surface area contributed by atoms with Gasteiger partial charge in [-0.05, 0) is 36.4 Å². The molecule has 21 heavy (non-hydrogen) atoms. The molecule has 3 aromatic rings. The third-order valence-corrected chi connectivity index (χ3v) is 2.79. The highest BCUT2D eigenvalue weighted by molar-refractivity contribution is 5.84. The lowest BCUT2D eigenvalue weighted by Crippen LogP contribution is -1.96. The van der Waals surface area contributed by atoms with Crippen LogP contribution in [0.5, 0.6) is 11.5 Å². The first kappa shape index (κ1) is 12.9. The second-order valence-electron chi connectivity index (χ2n) is 4.26. The van der Waals surface area contributed by atoms with Gasteiger partial charge < -0.3 is 9.84 Å². The molecular formula is C15H11N3O3. The molecule has 0 aliphatic carbocycles. The van der Waals surface area contributed by atoms with Gasteiger partial charge in [0, 0.05) is 0 Å². The molecule has 0 spiro atoms. The Labute approximate surface area is 120 Å². The van der Waals surface area contributed by atoms with Crippen molar-refractivity contribution < 1.29 is 14.6 Å². The van der Waals surface area contributed by atoms with Crippen LogP contribution in [0.4, 0.5) is 0 Å². The molecule has 104 valence electrons. The van der Waals surface area contributed by atoms with Gasteiger partial charge in [0.15, 0.2) is 5.69 Å². The molecule has 0 bridgehead atoms. The predicted molar refractivity (Wildman–Crippen MR) is 74.8 cm³/mol. The molecule has 1 aromatic heterocycles. The first-order chi connectivity index (χ1) is 10.2. The number of aromatic nitrogens is 3. The Bertz CT molecular complexity index is 751. The van der Waals surface area contributed by atoms with Crippen LogP contribution in [0.1, 0.15) is 10.5 Å². The number of carbonyl (C=O) groups is 1. The average molecular weight is 281 g/mol. The minimum absolute atomic E-state index is 0.0976. The summed E-state index contributed by atoms with van der Waals surface area (Å²) in [5.74, 6) is 0.327. The first-order valence-corrected chi connectivity index (χ1v) is 6.21.